The van der Waals surface area contributed by atoms with Gasteiger partial charge in [0.1, 0.15) is 11.0 Å². The summed E-state index contributed by atoms with van der Waals surface area (Å²) in [5, 5.41) is 3.60. The molecule has 8 heteroatoms. The zero-order valence-electron chi connectivity index (χ0n) is 10.1. The van der Waals surface area contributed by atoms with Gasteiger partial charge in [-0.15, -0.1) is 0 Å². The zero-order chi connectivity index (χ0) is 14.2. The lowest BCUT2D eigenvalue weighted by Crippen LogP contribution is -2.09. The van der Waals surface area contributed by atoms with Gasteiger partial charge in [-0.25, -0.2) is 14.6 Å². The Hall–Kier alpha value is -1.63. The summed E-state index contributed by atoms with van der Waals surface area (Å²) in [5.41, 5.74) is -0.978. The molecule has 0 spiro atoms. The van der Waals surface area contributed by atoms with Gasteiger partial charge in [-0.3, -0.25) is 0 Å². The van der Waals surface area contributed by atoms with Crippen LogP contribution in [0, 0.1) is 0 Å². The Morgan fingerprint density at radius 3 is 2.47 bits per heavy atom. The number of aromatic nitrogens is 4. The average molecular weight is 291 g/mol. The molecule has 2 heterocycles. The van der Waals surface area contributed by atoms with Crippen molar-refractivity contribution >= 4 is 11.6 Å². The Balaban J connectivity index is 2.44. The molecule has 0 atom stereocenters. The molecule has 2 rings (SSSR count). The number of nitrogens with zero attached hydrogens (tertiary/aromatic N) is 4. The van der Waals surface area contributed by atoms with Crippen LogP contribution in [0.25, 0.3) is 5.82 Å². The molecule has 0 bridgehead atoms. The summed E-state index contributed by atoms with van der Waals surface area (Å²) >= 11 is 5.83. The first-order chi connectivity index (χ1) is 8.77. The molecule has 4 nitrogen and oxygen atoms in total. The van der Waals surface area contributed by atoms with Crippen LogP contribution in [0.15, 0.2) is 18.3 Å². The molecular formula is C11H10ClF3N4. The number of alkyl halides is 3. The van der Waals surface area contributed by atoms with E-state index in [-0.39, 0.29) is 16.9 Å². The minimum absolute atomic E-state index is 0.00935. The van der Waals surface area contributed by atoms with E-state index in [0.717, 1.165) is 10.7 Å². The first-order valence-electron chi connectivity index (χ1n) is 5.45. The Morgan fingerprint density at radius 2 is 1.95 bits per heavy atom. The summed E-state index contributed by atoms with van der Waals surface area (Å²) in [6, 6.07) is 2.24. The van der Waals surface area contributed by atoms with E-state index in [0.29, 0.717) is 5.82 Å². The molecule has 102 valence electrons. The standard InChI is InChI=1S/C11H10ClF3N4/c1-6(2)10-16-8(12)5-9(17-10)19-4-3-7(18-19)11(13,14)15/h3-6H,1-2H3. The van der Waals surface area contributed by atoms with Crippen molar-refractivity contribution in [2.75, 3.05) is 0 Å². The highest BCUT2D eigenvalue weighted by molar-refractivity contribution is 6.29. The van der Waals surface area contributed by atoms with Crippen molar-refractivity contribution in [3.63, 3.8) is 0 Å². The Bertz CT molecular complexity index is 592. The summed E-state index contributed by atoms with van der Waals surface area (Å²) in [6.07, 6.45) is -3.30. The highest BCUT2D eigenvalue weighted by Crippen LogP contribution is 2.28. The minimum atomic E-state index is -4.48. The van der Waals surface area contributed by atoms with Gasteiger partial charge in [0, 0.05) is 18.2 Å². The van der Waals surface area contributed by atoms with Gasteiger partial charge >= 0.3 is 6.18 Å². The molecule has 0 saturated heterocycles. The molecular weight excluding hydrogens is 281 g/mol. The second kappa shape index (κ2) is 4.80. The second-order valence-electron chi connectivity index (χ2n) is 4.21. The largest absolute Gasteiger partial charge is 0.435 e. The number of hydrogen-bond acceptors (Lipinski definition) is 3. The van der Waals surface area contributed by atoms with E-state index >= 15 is 0 Å². The van der Waals surface area contributed by atoms with Crippen LogP contribution in [0.5, 0.6) is 0 Å². The molecule has 0 aliphatic heterocycles. The molecule has 0 aliphatic rings. The van der Waals surface area contributed by atoms with Crippen molar-refractivity contribution in [1.29, 1.82) is 0 Å². The van der Waals surface area contributed by atoms with Gasteiger partial charge in [0.05, 0.1) is 0 Å². The predicted octanol–water partition coefficient (Wildman–Crippen LogP) is 3.46. The maximum Gasteiger partial charge on any atom is 0.435 e. The van der Waals surface area contributed by atoms with Crippen molar-refractivity contribution < 1.29 is 13.2 Å². The van der Waals surface area contributed by atoms with E-state index in [4.69, 9.17) is 11.6 Å². The van der Waals surface area contributed by atoms with Crippen LogP contribution >= 0.6 is 11.6 Å². The molecule has 19 heavy (non-hydrogen) atoms. The highest BCUT2D eigenvalue weighted by atomic mass is 35.5. The summed E-state index contributed by atoms with van der Waals surface area (Å²) in [7, 11) is 0. The van der Waals surface area contributed by atoms with Gasteiger partial charge in [0.2, 0.25) is 0 Å². The third-order valence-electron chi connectivity index (χ3n) is 2.33. The molecule has 0 amide bonds. The molecule has 0 radical (unpaired) electrons. The lowest BCUT2D eigenvalue weighted by atomic mass is 10.2. The van der Waals surface area contributed by atoms with Gasteiger partial charge in [-0.1, -0.05) is 25.4 Å². The normalized spacial score (nSPS) is 12.2. The van der Waals surface area contributed by atoms with Crippen molar-refractivity contribution in [2.24, 2.45) is 0 Å². The summed E-state index contributed by atoms with van der Waals surface area (Å²) in [6.45, 7) is 3.72. The fourth-order valence-electron chi connectivity index (χ4n) is 1.40. The van der Waals surface area contributed by atoms with Crippen LogP contribution in [0.4, 0.5) is 13.2 Å². The van der Waals surface area contributed by atoms with Crippen LogP contribution in [-0.4, -0.2) is 19.7 Å². The van der Waals surface area contributed by atoms with Gasteiger partial charge in [-0.2, -0.15) is 18.3 Å². The monoisotopic (exact) mass is 290 g/mol. The van der Waals surface area contributed by atoms with E-state index in [2.05, 4.69) is 15.1 Å². The SMILES string of the molecule is CC(C)c1nc(Cl)cc(-n2ccc(C(F)(F)F)n2)n1. The molecule has 0 N–H and O–H groups in total. The van der Waals surface area contributed by atoms with Crippen LogP contribution in [0.1, 0.15) is 31.3 Å². The van der Waals surface area contributed by atoms with E-state index in [1.807, 2.05) is 13.8 Å². The molecule has 2 aromatic heterocycles. The quantitative estimate of drug-likeness (QED) is 0.796. The summed E-state index contributed by atoms with van der Waals surface area (Å²) in [4.78, 5) is 8.14. The topological polar surface area (TPSA) is 43.6 Å². The fraction of sp³-hybridized carbons (Fsp3) is 0.364. The van der Waals surface area contributed by atoms with Gasteiger partial charge in [0.15, 0.2) is 11.5 Å². The predicted molar refractivity (Wildman–Crippen MR) is 63.3 cm³/mol. The molecule has 2 aromatic rings. The number of hydrogen-bond donors (Lipinski definition) is 0. The first kappa shape index (κ1) is 13.8. The zero-order valence-corrected chi connectivity index (χ0v) is 10.9. The van der Waals surface area contributed by atoms with Crippen LogP contribution in [0.3, 0.4) is 0 Å². The number of halogens is 4. The third-order valence-corrected chi connectivity index (χ3v) is 2.52. The van der Waals surface area contributed by atoms with Crippen LogP contribution < -0.4 is 0 Å². The van der Waals surface area contributed by atoms with Crippen molar-refractivity contribution in [2.45, 2.75) is 25.9 Å². The Kier molecular flexibility index (Phi) is 3.49. The highest BCUT2D eigenvalue weighted by Gasteiger charge is 2.33. The van der Waals surface area contributed by atoms with E-state index in [1.165, 1.54) is 12.3 Å². The maximum atomic E-state index is 12.5. The molecule has 0 saturated carbocycles. The Morgan fingerprint density at radius 1 is 1.26 bits per heavy atom. The van der Waals surface area contributed by atoms with E-state index in [9.17, 15) is 13.2 Å². The number of rotatable bonds is 2. The minimum Gasteiger partial charge on any atom is -0.222 e. The van der Waals surface area contributed by atoms with Gasteiger partial charge in [0.25, 0.3) is 0 Å². The van der Waals surface area contributed by atoms with Crippen LogP contribution in [-0.2, 0) is 6.18 Å². The molecule has 0 unspecified atom stereocenters. The van der Waals surface area contributed by atoms with Gasteiger partial charge in [-0.05, 0) is 6.07 Å². The average Bonchev–Trinajstić information content (AvgIpc) is 2.76. The van der Waals surface area contributed by atoms with Crippen LogP contribution in [0.2, 0.25) is 5.15 Å². The van der Waals surface area contributed by atoms with E-state index in [1.54, 1.807) is 0 Å². The van der Waals surface area contributed by atoms with Crippen molar-refractivity contribution in [3.8, 4) is 5.82 Å². The van der Waals surface area contributed by atoms with Gasteiger partial charge < -0.3 is 0 Å². The van der Waals surface area contributed by atoms with E-state index < -0.39 is 11.9 Å². The van der Waals surface area contributed by atoms with Crippen molar-refractivity contribution in [3.05, 3.63) is 35.0 Å². The molecule has 0 aromatic carbocycles. The Labute approximate surface area is 112 Å². The van der Waals surface area contributed by atoms with Crippen molar-refractivity contribution in [1.82, 2.24) is 19.7 Å². The molecule has 0 aliphatic carbocycles. The lowest BCUT2D eigenvalue weighted by Gasteiger charge is -2.07. The maximum absolute atomic E-state index is 12.5. The second-order valence-corrected chi connectivity index (χ2v) is 4.59. The lowest BCUT2D eigenvalue weighted by molar-refractivity contribution is -0.141. The fourth-order valence-corrected chi connectivity index (χ4v) is 1.59. The molecule has 0 fully saturated rings. The third kappa shape index (κ3) is 3.04. The first-order valence-corrected chi connectivity index (χ1v) is 5.83. The smallest absolute Gasteiger partial charge is 0.222 e. The summed E-state index contributed by atoms with van der Waals surface area (Å²) in [5.74, 6) is 0.667. The summed E-state index contributed by atoms with van der Waals surface area (Å²) < 4.78 is 38.4.